The fourth-order valence-electron chi connectivity index (χ4n) is 3.19. The molecule has 1 fully saturated rings. The topological polar surface area (TPSA) is 46.2 Å². The van der Waals surface area contributed by atoms with Crippen molar-refractivity contribution in [3.63, 3.8) is 0 Å². The molecule has 0 amide bonds. The molecule has 0 aromatic heterocycles. The van der Waals surface area contributed by atoms with Gasteiger partial charge in [0, 0.05) is 26.9 Å². The first-order chi connectivity index (χ1) is 12.2. The lowest BCUT2D eigenvalue weighted by Gasteiger charge is -2.41. The van der Waals surface area contributed by atoms with Crippen molar-refractivity contribution in [3.8, 4) is 5.75 Å². The van der Waals surface area contributed by atoms with Crippen LogP contribution in [0.15, 0.2) is 54.6 Å². The van der Waals surface area contributed by atoms with Crippen LogP contribution >= 0.6 is 0 Å². The Balaban J connectivity index is 1.82. The zero-order valence-corrected chi connectivity index (χ0v) is 14.8. The molecule has 0 radical (unpaired) electrons. The van der Waals surface area contributed by atoms with Crippen LogP contribution in [0.3, 0.4) is 0 Å². The third kappa shape index (κ3) is 3.70. The van der Waals surface area contributed by atoms with E-state index in [1.807, 2.05) is 36.4 Å². The van der Waals surface area contributed by atoms with E-state index in [1.165, 1.54) is 0 Å². The molecular weight excluding hydrogens is 320 g/mol. The van der Waals surface area contributed by atoms with Gasteiger partial charge in [-0.2, -0.15) is 0 Å². The maximum Gasteiger partial charge on any atom is 0.225 e. The van der Waals surface area contributed by atoms with E-state index >= 15 is 0 Å². The van der Waals surface area contributed by atoms with E-state index in [2.05, 4.69) is 12.6 Å². The molecule has 0 N–H and O–H groups in total. The predicted molar refractivity (Wildman–Crippen MR) is 95.8 cm³/mol. The van der Waals surface area contributed by atoms with Gasteiger partial charge in [-0.1, -0.05) is 36.9 Å². The molecule has 5 nitrogen and oxygen atoms in total. The van der Waals surface area contributed by atoms with E-state index in [1.54, 1.807) is 21.3 Å². The van der Waals surface area contributed by atoms with Crippen LogP contribution in [0.4, 0.5) is 0 Å². The largest absolute Gasteiger partial charge is 0.461 e. The van der Waals surface area contributed by atoms with Crippen LogP contribution in [0, 0.1) is 0 Å². The highest BCUT2D eigenvalue weighted by Crippen LogP contribution is 2.31. The second kappa shape index (κ2) is 7.97. The Kier molecular flexibility index (Phi) is 5.71. The normalized spacial score (nSPS) is 26.8. The summed E-state index contributed by atoms with van der Waals surface area (Å²) in [6.07, 6.45) is -1.56. The molecule has 1 saturated heterocycles. The van der Waals surface area contributed by atoms with Crippen molar-refractivity contribution >= 4 is 10.8 Å². The molecule has 0 unspecified atom stereocenters. The summed E-state index contributed by atoms with van der Waals surface area (Å²) in [6.45, 7) is 4.48. The van der Waals surface area contributed by atoms with Crippen LogP contribution in [0.5, 0.6) is 5.75 Å². The highest BCUT2D eigenvalue weighted by atomic mass is 16.7. The van der Waals surface area contributed by atoms with Gasteiger partial charge in [0.05, 0.1) is 6.61 Å². The van der Waals surface area contributed by atoms with Gasteiger partial charge in [0.2, 0.25) is 6.29 Å². The van der Waals surface area contributed by atoms with Crippen molar-refractivity contribution in [2.75, 3.05) is 27.9 Å². The van der Waals surface area contributed by atoms with Gasteiger partial charge in [-0.05, 0) is 22.9 Å². The van der Waals surface area contributed by atoms with Gasteiger partial charge >= 0.3 is 0 Å². The summed E-state index contributed by atoms with van der Waals surface area (Å²) in [5.41, 5.74) is 0.690. The molecule has 2 aromatic carbocycles. The average molecular weight is 344 g/mol. The van der Waals surface area contributed by atoms with Crippen molar-refractivity contribution < 1.29 is 23.7 Å². The number of hydrogen-bond donors (Lipinski definition) is 0. The molecule has 1 aliphatic heterocycles. The summed E-state index contributed by atoms with van der Waals surface area (Å²) in [5, 5.41) is 2.26. The maximum atomic E-state index is 6.06. The molecule has 1 heterocycles. The molecule has 25 heavy (non-hydrogen) atoms. The van der Waals surface area contributed by atoms with Crippen LogP contribution in [-0.4, -0.2) is 52.5 Å². The summed E-state index contributed by atoms with van der Waals surface area (Å²) in [6, 6.07) is 14.1. The summed E-state index contributed by atoms with van der Waals surface area (Å²) in [7, 11) is 4.88. The van der Waals surface area contributed by atoms with Crippen molar-refractivity contribution in [1.82, 2.24) is 0 Å². The maximum absolute atomic E-state index is 6.06. The van der Waals surface area contributed by atoms with Gasteiger partial charge in [-0.15, -0.1) is 0 Å². The molecule has 0 saturated carbocycles. The second-order valence-electron chi connectivity index (χ2n) is 6.02. The number of ether oxygens (including phenoxy) is 5. The molecule has 1 aliphatic rings. The van der Waals surface area contributed by atoms with E-state index in [-0.39, 0.29) is 18.3 Å². The lowest BCUT2D eigenvalue weighted by Crippen LogP contribution is -2.54. The first-order valence-corrected chi connectivity index (χ1v) is 8.22. The minimum Gasteiger partial charge on any atom is -0.461 e. The number of hydrogen-bond acceptors (Lipinski definition) is 5. The molecule has 3 rings (SSSR count). The number of rotatable bonds is 6. The monoisotopic (exact) mass is 344 g/mol. The Labute approximate surface area is 148 Å². The molecule has 0 aliphatic carbocycles. The molecule has 2 aromatic rings. The highest BCUT2D eigenvalue weighted by Gasteiger charge is 2.43. The minimum absolute atomic E-state index is 0.297. The summed E-state index contributed by atoms with van der Waals surface area (Å²) in [5.74, 6) is 0.715. The van der Waals surface area contributed by atoms with Gasteiger partial charge in [0.15, 0.2) is 0 Å². The van der Waals surface area contributed by atoms with Gasteiger partial charge in [0.1, 0.15) is 24.1 Å². The van der Waals surface area contributed by atoms with Crippen LogP contribution in [0.25, 0.3) is 10.8 Å². The van der Waals surface area contributed by atoms with Crippen molar-refractivity contribution in [2.45, 2.75) is 24.6 Å². The van der Waals surface area contributed by atoms with Crippen molar-refractivity contribution in [1.29, 1.82) is 0 Å². The third-order valence-electron chi connectivity index (χ3n) is 4.45. The molecule has 0 spiro atoms. The third-order valence-corrected chi connectivity index (χ3v) is 4.45. The van der Waals surface area contributed by atoms with E-state index in [0.717, 1.165) is 10.8 Å². The van der Waals surface area contributed by atoms with Gasteiger partial charge in [-0.25, -0.2) is 0 Å². The fourth-order valence-corrected chi connectivity index (χ4v) is 3.19. The van der Waals surface area contributed by atoms with Crippen LogP contribution in [0.2, 0.25) is 0 Å². The lowest BCUT2D eigenvalue weighted by atomic mass is 9.97. The fraction of sp³-hybridized carbons (Fsp3) is 0.400. The molecule has 134 valence electrons. The zero-order valence-electron chi connectivity index (χ0n) is 14.8. The van der Waals surface area contributed by atoms with E-state index < -0.39 is 6.29 Å². The Morgan fingerprint density at radius 2 is 1.76 bits per heavy atom. The van der Waals surface area contributed by atoms with Crippen LogP contribution < -0.4 is 4.74 Å². The Bertz CT molecular complexity index is 729. The zero-order chi connectivity index (χ0) is 17.8. The van der Waals surface area contributed by atoms with E-state index in [4.69, 9.17) is 23.7 Å². The first-order valence-electron chi connectivity index (χ1n) is 8.22. The Morgan fingerprint density at radius 1 is 1.00 bits per heavy atom. The molecule has 5 heteroatoms. The van der Waals surface area contributed by atoms with Crippen LogP contribution in [0.1, 0.15) is 0 Å². The SMILES string of the molecule is C=C1[C@@H](Oc2ccc3ccccc3c2)O[C@H](COC)[C@@H](OC)[C@@H]1OC. The van der Waals surface area contributed by atoms with Crippen molar-refractivity contribution in [2.24, 2.45) is 0 Å². The van der Waals surface area contributed by atoms with E-state index in [9.17, 15) is 0 Å². The molecule has 0 bridgehead atoms. The minimum atomic E-state index is -0.627. The number of benzene rings is 2. The average Bonchev–Trinajstić information content (AvgIpc) is 2.64. The summed E-state index contributed by atoms with van der Waals surface area (Å²) >= 11 is 0. The number of fused-ring (bicyclic) bond motifs is 1. The quantitative estimate of drug-likeness (QED) is 0.753. The first kappa shape index (κ1) is 17.9. The highest BCUT2D eigenvalue weighted by molar-refractivity contribution is 5.83. The summed E-state index contributed by atoms with van der Waals surface area (Å²) in [4.78, 5) is 0. The Morgan fingerprint density at radius 3 is 2.44 bits per heavy atom. The van der Waals surface area contributed by atoms with Crippen molar-refractivity contribution in [3.05, 3.63) is 54.6 Å². The number of methoxy groups -OCH3 is 3. The van der Waals surface area contributed by atoms with Gasteiger partial charge < -0.3 is 23.7 Å². The smallest absolute Gasteiger partial charge is 0.225 e. The molecular formula is C20H24O5. The van der Waals surface area contributed by atoms with Gasteiger partial charge in [-0.3, -0.25) is 0 Å². The standard InChI is InChI=1S/C20H24O5/c1-13-18(22-3)19(23-4)17(12-21-2)25-20(13)24-16-10-9-14-7-5-6-8-15(14)11-16/h5-11,17-20H,1,12H2,2-4H3/t17-,18-,19-,20+/m1/s1. The van der Waals surface area contributed by atoms with Gasteiger partial charge in [0.25, 0.3) is 0 Å². The van der Waals surface area contributed by atoms with E-state index in [0.29, 0.717) is 17.9 Å². The molecule has 4 atom stereocenters. The lowest BCUT2D eigenvalue weighted by molar-refractivity contribution is -0.211. The predicted octanol–water partition coefficient (Wildman–Crippen LogP) is 3.18. The Hall–Kier alpha value is -1.92. The second-order valence-corrected chi connectivity index (χ2v) is 6.02. The summed E-state index contributed by atoms with van der Waals surface area (Å²) < 4.78 is 28.5. The van der Waals surface area contributed by atoms with Crippen LogP contribution in [-0.2, 0) is 18.9 Å².